The largest absolute Gasteiger partial charge is 0.693 e. The maximum atomic E-state index is 3.44. The first-order valence-electron chi connectivity index (χ1n) is 6.75. The van der Waals surface area contributed by atoms with Crippen molar-refractivity contribution in [1.82, 2.24) is 0 Å². The average molecular weight is 549 g/mol. The molecule has 0 unspecified atom stereocenters. The van der Waals surface area contributed by atoms with E-state index in [0.717, 1.165) is 0 Å². The minimum atomic E-state index is 0. The van der Waals surface area contributed by atoms with Crippen molar-refractivity contribution in [3.8, 4) is 0 Å². The summed E-state index contributed by atoms with van der Waals surface area (Å²) in [5.74, 6) is 0. The minimum absolute atomic E-state index is 0. The standard InChI is InChI=1S/C10H15.2C3H9Si.2ClH.Hf.H2N/c1-7-6-10(4,5)9(3)8(7)2;2*1-4(2)3;;;;/h1-5H3;2*1-3H3;2*1H;;1H2/q-1;;;;;;-1. The van der Waals surface area contributed by atoms with E-state index in [1.807, 2.05) is 0 Å². The normalized spacial score (nSPS) is 14.0. The molecule has 1 nitrogen and oxygen atoms in total. The van der Waals surface area contributed by atoms with Crippen molar-refractivity contribution in [2.24, 2.45) is 5.41 Å². The van der Waals surface area contributed by atoms with Gasteiger partial charge >= 0.3 is 0 Å². The molecule has 1 aliphatic rings. The Morgan fingerprint density at radius 3 is 1.05 bits per heavy atom. The molecule has 134 valence electrons. The molecule has 0 aromatic heterocycles. The fraction of sp³-hybridized carbons (Fsp3) is 0.750. The molecule has 0 saturated heterocycles. The van der Waals surface area contributed by atoms with Gasteiger partial charge in [-0.1, -0.05) is 72.4 Å². The van der Waals surface area contributed by atoms with E-state index in [2.05, 4.69) is 80.0 Å². The second kappa shape index (κ2) is 18.7. The number of halogens is 2. The van der Waals surface area contributed by atoms with Gasteiger partial charge in [0, 0.05) is 43.4 Å². The molecule has 22 heavy (non-hydrogen) atoms. The summed E-state index contributed by atoms with van der Waals surface area (Å²) < 4.78 is 0. The van der Waals surface area contributed by atoms with Crippen LogP contribution in [0.3, 0.4) is 0 Å². The van der Waals surface area contributed by atoms with E-state index in [0.29, 0.717) is 0 Å². The zero-order valence-corrected chi connectivity index (χ0v) is 23.6. The molecule has 0 aromatic carbocycles. The van der Waals surface area contributed by atoms with Crippen LogP contribution in [-0.2, 0) is 25.8 Å². The summed E-state index contributed by atoms with van der Waals surface area (Å²) in [6.07, 6.45) is 3.44. The Kier molecular flexibility index (Phi) is 32.8. The van der Waals surface area contributed by atoms with Crippen molar-refractivity contribution in [2.75, 3.05) is 0 Å². The van der Waals surface area contributed by atoms with Crippen LogP contribution in [0.2, 0.25) is 39.3 Å². The molecule has 2 radical (unpaired) electrons. The van der Waals surface area contributed by atoms with Gasteiger partial charge in [0.05, 0.1) is 0 Å². The van der Waals surface area contributed by atoms with E-state index in [4.69, 9.17) is 0 Å². The predicted molar refractivity (Wildman–Crippen MR) is 111 cm³/mol. The Labute approximate surface area is 175 Å². The van der Waals surface area contributed by atoms with Crippen molar-refractivity contribution in [3.05, 3.63) is 28.9 Å². The van der Waals surface area contributed by atoms with Crippen molar-refractivity contribution >= 4 is 42.4 Å². The molecule has 0 saturated carbocycles. The van der Waals surface area contributed by atoms with E-state index in [1.54, 1.807) is 0 Å². The smallest absolute Gasteiger partial charge is 0.0379 e. The first-order valence-corrected chi connectivity index (χ1v) is 12.8. The fourth-order valence-electron chi connectivity index (χ4n) is 1.41. The first-order chi connectivity index (χ1) is 7.91. The van der Waals surface area contributed by atoms with Gasteiger partial charge < -0.3 is 6.15 Å². The molecule has 0 aliphatic heterocycles. The van der Waals surface area contributed by atoms with E-state index in [1.165, 1.54) is 16.7 Å². The van der Waals surface area contributed by atoms with Gasteiger partial charge in [-0.25, -0.2) is 5.57 Å². The monoisotopic (exact) mass is 549 g/mol. The SMILES string of the molecule is CC1=[C-]C(C)(C)C(C)=C1C.C[Si](C)C.C[Si](C)C.Cl.Cl.[Hf].[NH2-]. The van der Waals surface area contributed by atoms with Crippen LogP contribution in [0.5, 0.6) is 0 Å². The van der Waals surface area contributed by atoms with Gasteiger partial charge in [-0.3, -0.25) is 6.08 Å². The van der Waals surface area contributed by atoms with Crippen LogP contribution in [0.4, 0.5) is 0 Å². The molecule has 1 aliphatic carbocycles. The number of rotatable bonds is 0. The van der Waals surface area contributed by atoms with E-state index >= 15 is 0 Å². The Balaban J connectivity index is -0.0000000467. The quantitative estimate of drug-likeness (QED) is 0.223. The Bertz CT molecular complexity index is 304. The van der Waals surface area contributed by atoms with Crippen molar-refractivity contribution < 1.29 is 25.8 Å². The summed E-state index contributed by atoms with van der Waals surface area (Å²) in [5.41, 5.74) is 4.39. The zero-order chi connectivity index (χ0) is 15.1. The third-order valence-corrected chi connectivity index (χ3v) is 2.56. The van der Waals surface area contributed by atoms with E-state index in [-0.39, 0.29) is 79.8 Å². The summed E-state index contributed by atoms with van der Waals surface area (Å²) in [4.78, 5) is 0. The molecule has 0 amide bonds. The number of allylic oxidation sites excluding steroid dienone is 4. The van der Waals surface area contributed by atoms with Gasteiger partial charge in [0.1, 0.15) is 0 Å². The Hall–Kier alpha value is 1.32. The molecule has 2 N–H and O–H groups in total. The summed E-state index contributed by atoms with van der Waals surface area (Å²) in [6, 6.07) is 0. The average Bonchev–Trinajstić information content (AvgIpc) is 2.27. The van der Waals surface area contributed by atoms with Gasteiger partial charge in [0.25, 0.3) is 0 Å². The number of hydrogen-bond donors (Lipinski definition) is 0. The van der Waals surface area contributed by atoms with Crippen molar-refractivity contribution in [1.29, 1.82) is 0 Å². The molecule has 0 atom stereocenters. The minimum Gasteiger partial charge on any atom is -0.693 e. The summed E-state index contributed by atoms with van der Waals surface area (Å²) in [6.45, 7) is 24.5. The molecule has 6 heteroatoms. The molecule has 0 fully saturated rings. The van der Waals surface area contributed by atoms with Gasteiger partial charge in [-0.15, -0.1) is 31.7 Å². The van der Waals surface area contributed by atoms with Crippen molar-refractivity contribution in [2.45, 2.75) is 73.9 Å². The number of nitrogens with two attached hydrogens (primary N) is 1. The van der Waals surface area contributed by atoms with Crippen LogP contribution in [0.1, 0.15) is 34.6 Å². The van der Waals surface area contributed by atoms with Crippen LogP contribution < -0.4 is 0 Å². The van der Waals surface area contributed by atoms with Crippen LogP contribution in [0.15, 0.2) is 16.7 Å². The summed E-state index contributed by atoms with van der Waals surface area (Å²) in [7, 11) is 0.241. The van der Waals surface area contributed by atoms with Gasteiger partial charge in [0.2, 0.25) is 0 Å². The van der Waals surface area contributed by atoms with Gasteiger partial charge in [-0.05, 0) is 0 Å². The second-order valence-electron chi connectivity index (χ2n) is 6.62. The number of hydrogen-bond acceptors (Lipinski definition) is 0. The molecule has 0 aromatic rings. The van der Waals surface area contributed by atoms with Crippen LogP contribution in [-0.4, -0.2) is 17.6 Å². The molecular formula is C16H37Cl2HfNSi2-2. The summed E-state index contributed by atoms with van der Waals surface area (Å²) in [5, 5.41) is 0. The van der Waals surface area contributed by atoms with E-state index in [9.17, 15) is 0 Å². The van der Waals surface area contributed by atoms with Crippen LogP contribution >= 0.6 is 24.8 Å². The van der Waals surface area contributed by atoms with E-state index < -0.39 is 0 Å². The third-order valence-electron chi connectivity index (χ3n) is 2.56. The molecule has 0 bridgehead atoms. The van der Waals surface area contributed by atoms with Crippen molar-refractivity contribution in [3.63, 3.8) is 0 Å². The van der Waals surface area contributed by atoms with Crippen LogP contribution in [0.25, 0.3) is 6.15 Å². The van der Waals surface area contributed by atoms with Gasteiger partial charge in [0.15, 0.2) is 0 Å². The maximum absolute atomic E-state index is 3.44. The Morgan fingerprint density at radius 1 is 0.773 bits per heavy atom. The van der Waals surface area contributed by atoms with Crippen LogP contribution in [0, 0.1) is 11.5 Å². The predicted octanol–water partition coefficient (Wildman–Crippen LogP) is 7.41. The molecular weight excluding hydrogens is 512 g/mol. The van der Waals surface area contributed by atoms with Gasteiger partial charge in [-0.2, -0.15) is 11.1 Å². The first kappa shape index (κ1) is 38.7. The molecule has 0 spiro atoms. The maximum Gasteiger partial charge on any atom is 0.0379 e. The Morgan fingerprint density at radius 2 is 1.00 bits per heavy atom. The summed E-state index contributed by atoms with van der Waals surface area (Å²) >= 11 is 0. The third kappa shape index (κ3) is 21.3. The molecule has 1 rings (SSSR count). The topological polar surface area (TPSA) is 33.5 Å². The fourth-order valence-corrected chi connectivity index (χ4v) is 1.41. The second-order valence-corrected chi connectivity index (χ2v) is 12.6. The molecule has 0 heterocycles. The zero-order valence-electron chi connectivity index (χ0n) is 16.4.